The molecule has 0 saturated carbocycles. The number of rotatable bonds is 2. The number of hydrogen-bond donors (Lipinski definition) is 0. The van der Waals surface area contributed by atoms with Gasteiger partial charge in [-0.25, -0.2) is 9.97 Å². The molecule has 4 heterocycles. The molecule has 9 aromatic rings. The zero-order valence-electron chi connectivity index (χ0n) is 20.2. The molecule has 0 aliphatic rings. The third kappa shape index (κ3) is 2.62. The maximum absolute atomic E-state index is 5.20. The molecule has 0 N–H and O–H groups in total. The number of benzene rings is 5. The molecule has 0 bridgehead atoms. The van der Waals surface area contributed by atoms with E-state index in [1.54, 1.807) is 11.3 Å². The number of hydrogen-bond acceptors (Lipinski definition) is 3. The van der Waals surface area contributed by atoms with Gasteiger partial charge in [-0.3, -0.25) is 4.40 Å². The third-order valence-electron chi connectivity index (χ3n) is 7.73. The lowest BCUT2D eigenvalue weighted by Crippen LogP contribution is -1.93. The molecule has 3 nitrogen and oxygen atoms in total. The first-order valence-corrected chi connectivity index (χ1v) is 13.6. The fraction of sp³-hybridized carbons (Fsp3) is 0. The zero-order chi connectivity index (χ0) is 24.8. The highest BCUT2D eigenvalue weighted by Crippen LogP contribution is 2.46. The summed E-state index contributed by atoms with van der Waals surface area (Å²) in [6.07, 6.45) is 0. The highest BCUT2D eigenvalue weighted by Gasteiger charge is 2.22. The number of pyridine rings is 1. The summed E-state index contributed by atoms with van der Waals surface area (Å²) in [5.41, 5.74) is 7.28. The van der Waals surface area contributed by atoms with Crippen molar-refractivity contribution in [3.8, 4) is 21.8 Å². The van der Waals surface area contributed by atoms with Crippen molar-refractivity contribution in [1.82, 2.24) is 14.4 Å². The Morgan fingerprint density at radius 2 is 1.29 bits per heavy atom. The molecule has 4 aromatic heterocycles. The van der Waals surface area contributed by atoms with E-state index < -0.39 is 0 Å². The summed E-state index contributed by atoms with van der Waals surface area (Å²) in [6, 6.07) is 40.8. The van der Waals surface area contributed by atoms with Crippen molar-refractivity contribution in [2.75, 3.05) is 0 Å². The number of para-hydroxylation sites is 3. The molecule has 0 spiro atoms. The topological polar surface area (TPSA) is 30.2 Å². The van der Waals surface area contributed by atoms with Gasteiger partial charge in [-0.05, 0) is 35.0 Å². The lowest BCUT2D eigenvalue weighted by atomic mass is 10.00. The Labute approximate surface area is 221 Å². The molecule has 0 aliphatic carbocycles. The van der Waals surface area contributed by atoms with Crippen molar-refractivity contribution < 1.29 is 0 Å². The molecule has 0 unspecified atom stereocenters. The maximum Gasteiger partial charge on any atom is 0.109 e. The summed E-state index contributed by atoms with van der Waals surface area (Å²) in [4.78, 5) is 12.7. The van der Waals surface area contributed by atoms with Crippen LogP contribution in [-0.2, 0) is 0 Å². The van der Waals surface area contributed by atoms with E-state index in [2.05, 4.69) is 89.3 Å². The Morgan fingerprint density at radius 3 is 2.16 bits per heavy atom. The van der Waals surface area contributed by atoms with Gasteiger partial charge in [0, 0.05) is 27.1 Å². The maximum atomic E-state index is 5.20. The lowest BCUT2D eigenvalue weighted by Gasteiger charge is -2.09. The van der Waals surface area contributed by atoms with Gasteiger partial charge in [0.1, 0.15) is 10.5 Å². The average Bonchev–Trinajstić information content (AvgIpc) is 3.57. The van der Waals surface area contributed by atoms with E-state index in [9.17, 15) is 0 Å². The van der Waals surface area contributed by atoms with Crippen LogP contribution >= 0.6 is 11.3 Å². The quantitative estimate of drug-likeness (QED) is 0.236. The van der Waals surface area contributed by atoms with Crippen molar-refractivity contribution in [3.05, 3.63) is 115 Å². The van der Waals surface area contributed by atoms with Crippen LogP contribution in [-0.4, -0.2) is 14.4 Å². The second-order valence-electron chi connectivity index (χ2n) is 9.82. The van der Waals surface area contributed by atoms with Crippen LogP contribution in [0, 0.1) is 0 Å². The summed E-state index contributed by atoms with van der Waals surface area (Å²) in [7, 11) is 0. The van der Waals surface area contributed by atoms with Gasteiger partial charge in [-0.1, -0.05) is 91.0 Å². The predicted octanol–water partition coefficient (Wildman–Crippen LogP) is 9.33. The molecule has 0 atom stereocenters. The lowest BCUT2D eigenvalue weighted by molar-refractivity contribution is 1.30. The van der Waals surface area contributed by atoms with Gasteiger partial charge in [0.25, 0.3) is 0 Å². The molecule has 38 heavy (non-hydrogen) atoms. The van der Waals surface area contributed by atoms with Crippen LogP contribution in [0.25, 0.3) is 81.0 Å². The Balaban J connectivity index is 1.47. The van der Waals surface area contributed by atoms with Gasteiger partial charge in [-0.15, -0.1) is 11.3 Å². The molecule has 0 radical (unpaired) electrons. The molecule has 0 fully saturated rings. The smallest absolute Gasteiger partial charge is 0.109 e. The third-order valence-corrected chi connectivity index (χ3v) is 8.86. The highest BCUT2D eigenvalue weighted by molar-refractivity contribution is 7.22. The molecule has 0 saturated heterocycles. The molecular formula is C34H19N3S. The minimum absolute atomic E-state index is 0.909. The number of fused-ring (bicyclic) bond motifs is 7. The molecule has 0 amide bonds. The minimum atomic E-state index is 0.909. The van der Waals surface area contributed by atoms with Crippen molar-refractivity contribution in [2.45, 2.75) is 0 Å². The first-order valence-electron chi connectivity index (χ1n) is 12.8. The van der Waals surface area contributed by atoms with Gasteiger partial charge >= 0.3 is 0 Å². The molecule has 4 heteroatoms. The van der Waals surface area contributed by atoms with Crippen molar-refractivity contribution in [1.29, 1.82) is 0 Å². The summed E-state index contributed by atoms with van der Waals surface area (Å²) in [5.74, 6) is 0. The molecule has 0 aliphatic heterocycles. The van der Waals surface area contributed by atoms with Crippen molar-refractivity contribution in [3.63, 3.8) is 0 Å². The second-order valence-corrected chi connectivity index (χ2v) is 10.9. The Morgan fingerprint density at radius 1 is 0.553 bits per heavy atom. The van der Waals surface area contributed by atoms with Gasteiger partial charge in [-0.2, -0.15) is 0 Å². The van der Waals surface area contributed by atoms with E-state index in [0.717, 1.165) is 32.9 Å². The summed E-state index contributed by atoms with van der Waals surface area (Å²) >= 11 is 1.81. The van der Waals surface area contributed by atoms with E-state index in [0.29, 0.717) is 0 Å². The van der Waals surface area contributed by atoms with Crippen LogP contribution < -0.4 is 0 Å². The van der Waals surface area contributed by atoms with Crippen molar-refractivity contribution >= 4 is 70.6 Å². The minimum Gasteiger partial charge on any atom is -0.299 e. The molecule has 5 aromatic carbocycles. The summed E-state index contributed by atoms with van der Waals surface area (Å²) in [5, 5.41) is 7.73. The number of aromatic nitrogens is 3. The fourth-order valence-corrected chi connectivity index (χ4v) is 7.27. The highest BCUT2D eigenvalue weighted by atomic mass is 32.1. The Bertz CT molecular complexity index is 2340. The first-order chi connectivity index (χ1) is 18.8. The monoisotopic (exact) mass is 501 g/mol. The molecule has 176 valence electrons. The first kappa shape index (κ1) is 20.3. The number of thiophene rings is 1. The van der Waals surface area contributed by atoms with E-state index in [4.69, 9.17) is 9.97 Å². The number of nitrogens with zero attached hydrogens (tertiary/aromatic N) is 3. The van der Waals surface area contributed by atoms with E-state index >= 15 is 0 Å². The fourth-order valence-electron chi connectivity index (χ4n) is 6.09. The van der Waals surface area contributed by atoms with Crippen LogP contribution in [0.2, 0.25) is 0 Å². The zero-order valence-corrected chi connectivity index (χ0v) is 21.0. The van der Waals surface area contributed by atoms with Gasteiger partial charge in [0.05, 0.1) is 32.6 Å². The van der Waals surface area contributed by atoms with Gasteiger partial charge in [0.15, 0.2) is 0 Å². The standard InChI is InChI=1S/C34H19N3S/c1-2-9-21(10-3-1)31-32(36-27-15-6-5-14-26(27)35-31)29-19-25-23-13-8-11-20-17-18-24-22-12-4-7-16-28(22)37(34(25)38-29)33(24)30(20)23/h1-19H. The molecular weight excluding hydrogens is 482 g/mol. The largest absolute Gasteiger partial charge is 0.299 e. The summed E-state index contributed by atoms with van der Waals surface area (Å²) in [6.45, 7) is 0. The van der Waals surface area contributed by atoms with E-state index in [-0.39, 0.29) is 0 Å². The van der Waals surface area contributed by atoms with E-state index in [1.165, 1.54) is 48.2 Å². The van der Waals surface area contributed by atoms with Gasteiger partial charge < -0.3 is 0 Å². The SMILES string of the molecule is c1ccc(-c2nc3ccccc3nc2-c2cc3c4cccc5ccc6c7ccccc7n(c3s2)c6c54)cc1. The van der Waals surface area contributed by atoms with Crippen LogP contribution in [0.15, 0.2) is 115 Å². The van der Waals surface area contributed by atoms with Crippen LogP contribution in [0.1, 0.15) is 0 Å². The Hall–Kier alpha value is -4.80. The Kier molecular flexibility index (Phi) is 3.93. The van der Waals surface area contributed by atoms with Crippen LogP contribution in [0.5, 0.6) is 0 Å². The average molecular weight is 502 g/mol. The normalized spacial score (nSPS) is 12.2. The van der Waals surface area contributed by atoms with Crippen LogP contribution in [0.4, 0.5) is 0 Å². The van der Waals surface area contributed by atoms with Crippen molar-refractivity contribution in [2.24, 2.45) is 0 Å². The predicted molar refractivity (Wildman–Crippen MR) is 160 cm³/mol. The molecule has 9 rings (SSSR count). The van der Waals surface area contributed by atoms with E-state index in [1.807, 2.05) is 30.3 Å². The second kappa shape index (κ2) is 7.37. The summed E-state index contributed by atoms with van der Waals surface area (Å²) < 4.78 is 2.47. The van der Waals surface area contributed by atoms with Gasteiger partial charge in [0.2, 0.25) is 0 Å². The van der Waals surface area contributed by atoms with Crippen LogP contribution in [0.3, 0.4) is 0 Å².